The third kappa shape index (κ3) is 4.03. The van der Waals surface area contributed by atoms with Crippen LogP contribution in [0, 0.1) is 6.92 Å². The van der Waals surface area contributed by atoms with Crippen molar-refractivity contribution in [3.63, 3.8) is 0 Å². The predicted molar refractivity (Wildman–Crippen MR) is 124 cm³/mol. The number of amides is 2. The fraction of sp³-hybridized carbons (Fsp3) is 0.0417. The van der Waals surface area contributed by atoms with E-state index >= 15 is 0 Å². The highest BCUT2D eigenvalue weighted by Gasteiger charge is 2.34. The maximum Gasteiger partial charge on any atom is 0.270 e. The van der Waals surface area contributed by atoms with E-state index in [9.17, 15) is 9.59 Å². The number of halogens is 1. The van der Waals surface area contributed by atoms with E-state index in [0.717, 1.165) is 16.7 Å². The van der Waals surface area contributed by atoms with Gasteiger partial charge in [-0.2, -0.15) is 0 Å². The molecule has 0 spiro atoms. The molecule has 3 aromatic carbocycles. The highest BCUT2D eigenvalue weighted by Crippen LogP contribution is 2.25. The summed E-state index contributed by atoms with van der Waals surface area (Å²) in [5, 5.41) is 3.18. The third-order valence-corrected chi connectivity index (χ3v) is 5.31. The first-order valence-corrected chi connectivity index (χ1v) is 10.0. The Morgan fingerprint density at radius 1 is 0.933 bits per heavy atom. The predicted octanol–water partition coefficient (Wildman–Crippen LogP) is 5.15. The van der Waals surface area contributed by atoms with Crippen molar-refractivity contribution in [2.45, 2.75) is 6.92 Å². The molecule has 1 saturated heterocycles. The van der Waals surface area contributed by atoms with Crippen molar-refractivity contribution in [1.29, 1.82) is 0 Å². The van der Waals surface area contributed by atoms with E-state index in [2.05, 4.69) is 5.32 Å². The van der Waals surface area contributed by atoms with Gasteiger partial charge in [-0.05, 0) is 72.2 Å². The van der Waals surface area contributed by atoms with Gasteiger partial charge in [-0.15, -0.1) is 0 Å². The van der Waals surface area contributed by atoms with E-state index in [4.69, 9.17) is 23.8 Å². The lowest BCUT2D eigenvalue weighted by atomic mass is 10.00. The normalized spacial score (nSPS) is 15.5. The van der Waals surface area contributed by atoms with Gasteiger partial charge in [-0.3, -0.25) is 19.8 Å². The molecule has 1 heterocycles. The number of carbonyl (C=O) groups is 2. The lowest BCUT2D eigenvalue weighted by Gasteiger charge is -2.29. The Morgan fingerprint density at radius 3 is 2.33 bits per heavy atom. The SMILES string of the molecule is Cc1ccc(-c2cccc(C=C3C(=O)NC(=S)N(c4ccc(Cl)cc4)C3=O)c2)cc1. The van der Waals surface area contributed by atoms with Gasteiger partial charge in [-0.25, -0.2) is 0 Å². The van der Waals surface area contributed by atoms with Crippen LogP contribution in [0.25, 0.3) is 17.2 Å². The number of hydrogen-bond acceptors (Lipinski definition) is 3. The third-order valence-electron chi connectivity index (χ3n) is 4.77. The second-order valence-corrected chi connectivity index (χ2v) is 7.75. The van der Waals surface area contributed by atoms with E-state index in [-0.39, 0.29) is 10.7 Å². The first-order valence-electron chi connectivity index (χ1n) is 9.26. The molecular formula is C24H17ClN2O2S. The van der Waals surface area contributed by atoms with Crippen LogP contribution in [0.3, 0.4) is 0 Å². The summed E-state index contributed by atoms with van der Waals surface area (Å²) in [7, 11) is 0. The van der Waals surface area contributed by atoms with E-state index in [1.807, 2.05) is 55.5 Å². The lowest BCUT2D eigenvalue weighted by Crippen LogP contribution is -2.54. The van der Waals surface area contributed by atoms with Crippen molar-refractivity contribution in [3.05, 3.63) is 94.5 Å². The Hall–Kier alpha value is -3.28. The van der Waals surface area contributed by atoms with Crippen LogP contribution in [0.5, 0.6) is 0 Å². The zero-order valence-corrected chi connectivity index (χ0v) is 17.6. The quantitative estimate of drug-likeness (QED) is 0.354. The average molecular weight is 433 g/mol. The Bertz CT molecular complexity index is 1180. The summed E-state index contributed by atoms with van der Waals surface area (Å²) < 4.78 is 0. The van der Waals surface area contributed by atoms with Crippen LogP contribution in [0.1, 0.15) is 11.1 Å². The smallest absolute Gasteiger partial charge is 0.270 e. The zero-order chi connectivity index (χ0) is 21.3. The van der Waals surface area contributed by atoms with Crippen LogP contribution in [0.4, 0.5) is 5.69 Å². The van der Waals surface area contributed by atoms with E-state index in [1.54, 1.807) is 30.3 Å². The van der Waals surface area contributed by atoms with E-state index < -0.39 is 11.8 Å². The van der Waals surface area contributed by atoms with Crippen molar-refractivity contribution in [3.8, 4) is 11.1 Å². The van der Waals surface area contributed by atoms with Crippen LogP contribution < -0.4 is 10.2 Å². The van der Waals surface area contributed by atoms with Crippen LogP contribution in [0.15, 0.2) is 78.4 Å². The maximum atomic E-state index is 13.1. The number of benzene rings is 3. The fourth-order valence-corrected chi connectivity index (χ4v) is 3.61. The highest BCUT2D eigenvalue weighted by molar-refractivity contribution is 7.80. The second kappa shape index (κ2) is 8.22. The molecule has 1 fully saturated rings. The van der Waals surface area contributed by atoms with Gasteiger partial charge in [0.05, 0.1) is 5.69 Å². The minimum Gasteiger partial charge on any atom is -0.298 e. The number of aryl methyl sites for hydroxylation is 1. The Balaban J connectivity index is 1.70. The van der Waals surface area contributed by atoms with E-state index in [0.29, 0.717) is 10.7 Å². The lowest BCUT2D eigenvalue weighted by molar-refractivity contribution is -0.122. The summed E-state index contributed by atoms with van der Waals surface area (Å²) in [4.78, 5) is 26.9. The van der Waals surface area contributed by atoms with Crippen LogP contribution in [-0.4, -0.2) is 16.9 Å². The van der Waals surface area contributed by atoms with Crippen LogP contribution in [-0.2, 0) is 9.59 Å². The molecule has 6 heteroatoms. The largest absolute Gasteiger partial charge is 0.298 e. The molecule has 0 atom stereocenters. The summed E-state index contributed by atoms with van der Waals surface area (Å²) in [6, 6.07) is 22.5. The minimum absolute atomic E-state index is 0.0135. The molecule has 0 saturated carbocycles. The van der Waals surface area contributed by atoms with Gasteiger partial charge in [0.25, 0.3) is 11.8 Å². The molecule has 1 aliphatic rings. The first-order chi connectivity index (χ1) is 14.4. The second-order valence-electron chi connectivity index (χ2n) is 6.93. The molecule has 148 valence electrons. The molecule has 1 aliphatic heterocycles. The molecule has 0 unspecified atom stereocenters. The van der Waals surface area contributed by atoms with Crippen molar-refractivity contribution in [1.82, 2.24) is 5.32 Å². The average Bonchev–Trinajstić information content (AvgIpc) is 2.73. The molecule has 0 aliphatic carbocycles. The molecule has 4 rings (SSSR count). The maximum absolute atomic E-state index is 13.1. The molecule has 0 radical (unpaired) electrons. The topological polar surface area (TPSA) is 49.4 Å². The van der Waals surface area contributed by atoms with Crippen molar-refractivity contribution in [2.24, 2.45) is 0 Å². The van der Waals surface area contributed by atoms with Crippen molar-refractivity contribution >= 4 is 52.5 Å². The molecule has 4 nitrogen and oxygen atoms in total. The number of anilines is 1. The van der Waals surface area contributed by atoms with Gasteiger partial charge in [0, 0.05) is 5.02 Å². The number of carbonyl (C=O) groups excluding carboxylic acids is 2. The van der Waals surface area contributed by atoms with Gasteiger partial charge in [0.1, 0.15) is 5.57 Å². The van der Waals surface area contributed by atoms with Crippen LogP contribution in [0.2, 0.25) is 5.02 Å². The summed E-state index contributed by atoms with van der Waals surface area (Å²) in [5.41, 5.74) is 4.53. The molecule has 0 aromatic heterocycles. The first kappa shape index (κ1) is 20.0. The number of thiocarbonyl (C=S) groups is 1. The summed E-state index contributed by atoms with van der Waals surface area (Å²) >= 11 is 11.2. The van der Waals surface area contributed by atoms with Crippen molar-refractivity contribution < 1.29 is 9.59 Å². The molecular weight excluding hydrogens is 416 g/mol. The summed E-state index contributed by atoms with van der Waals surface area (Å²) in [6.45, 7) is 2.04. The van der Waals surface area contributed by atoms with Gasteiger partial charge < -0.3 is 0 Å². The van der Waals surface area contributed by atoms with Gasteiger partial charge in [0.15, 0.2) is 5.11 Å². The Morgan fingerprint density at radius 2 is 1.63 bits per heavy atom. The van der Waals surface area contributed by atoms with E-state index in [1.165, 1.54) is 10.5 Å². The molecule has 2 amide bonds. The van der Waals surface area contributed by atoms with Gasteiger partial charge >= 0.3 is 0 Å². The standard InChI is InChI=1S/C24H17ClN2O2S/c1-15-5-7-17(8-6-15)18-4-2-3-16(13-18)14-21-22(28)26-24(30)27(23(21)29)20-11-9-19(25)10-12-20/h2-14H,1H3,(H,26,28,30). The summed E-state index contributed by atoms with van der Waals surface area (Å²) in [5.74, 6) is -0.997. The molecule has 0 bridgehead atoms. The van der Waals surface area contributed by atoms with Gasteiger partial charge in [-0.1, -0.05) is 59.6 Å². The van der Waals surface area contributed by atoms with Crippen molar-refractivity contribution in [2.75, 3.05) is 4.90 Å². The molecule has 30 heavy (non-hydrogen) atoms. The highest BCUT2D eigenvalue weighted by atomic mass is 35.5. The number of hydrogen-bond donors (Lipinski definition) is 1. The fourth-order valence-electron chi connectivity index (χ4n) is 3.20. The Labute approximate surface area is 184 Å². The zero-order valence-electron chi connectivity index (χ0n) is 16.1. The molecule has 1 N–H and O–H groups in total. The Kier molecular flexibility index (Phi) is 5.48. The monoisotopic (exact) mass is 432 g/mol. The number of nitrogens with zero attached hydrogens (tertiary/aromatic N) is 1. The number of rotatable bonds is 3. The van der Waals surface area contributed by atoms with Gasteiger partial charge in [0.2, 0.25) is 0 Å². The number of nitrogens with one attached hydrogen (secondary N) is 1. The summed E-state index contributed by atoms with van der Waals surface area (Å²) in [6.07, 6.45) is 1.58. The molecule has 3 aromatic rings. The minimum atomic E-state index is -0.518. The van der Waals surface area contributed by atoms with Crippen LogP contribution >= 0.6 is 23.8 Å².